The van der Waals surface area contributed by atoms with Gasteiger partial charge >= 0.3 is 0 Å². The van der Waals surface area contributed by atoms with Gasteiger partial charge in [-0.05, 0) is 33.5 Å². The number of hydrogen-bond donors (Lipinski definition) is 1. The number of alkyl halides is 1. The van der Waals surface area contributed by atoms with Crippen LogP contribution in [-0.2, 0) is 23.6 Å². The largest absolute Gasteiger partial charge is 0.390 e. The second kappa shape index (κ2) is 7.65. The molecule has 2 aromatic rings. The maximum Gasteiger partial charge on any atom is 0.0814 e. The Hall–Kier alpha value is -0.870. The summed E-state index contributed by atoms with van der Waals surface area (Å²) in [6, 6.07) is 10.00. The first kappa shape index (κ1) is 14.5. The lowest BCUT2D eigenvalue weighted by atomic mass is 10.1. The van der Waals surface area contributed by atoms with E-state index in [1.165, 1.54) is 0 Å². The van der Waals surface area contributed by atoms with Crippen LogP contribution in [-0.4, -0.2) is 17.8 Å². The normalized spacial score (nSPS) is 12.5. The van der Waals surface area contributed by atoms with E-state index in [9.17, 15) is 5.11 Å². The van der Waals surface area contributed by atoms with Crippen LogP contribution >= 0.6 is 22.9 Å². The third kappa shape index (κ3) is 4.96. The Morgan fingerprint density at radius 1 is 1.21 bits per heavy atom. The molecule has 1 heterocycles. The van der Waals surface area contributed by atoms with Crippen molar-refractivity contribution in [2.45, 2.75) is 25.0 Å². The topological polar surface area (TPSA) is 29.5 Å². The van der Waals surface area contributed by atoms with E-state index >= 15 is 0 Å². The fourth-order valence-electron chi connectivity index (χ4n) is 1.86. The van der Waals surface area contributed by atoms with Crippen molar-refractivity contribution in [1.29, 1.82) is 0 Å². The molecule has 0 bridgehead atoms. The number of benzene rings is 1. The Bertz CT molecular complexity index is 485. The summed E-state index contributed by atoms with van der Waals surface area (Å²) in [4.78, 5) is 0. The standard InChI is InChI=1S/C15H17ClO2S/c16-8-13-3-1-2-12(6-13)7-15(17)10-18-9-14-4-5-19-11-14/h1-6,11,15,17H,7-10H2. The van der Waals surface area contributed by atoms with Gasteiger partial charge in [-0.3, -0.25) is 0 Å². The molecule has 0 fully saturated rings. The molecule has 0 aliphatic carbocycles. The highest BCUT2D eigenvalue weighted by Crippen LogP contribution is 2.11. The van der Waals surface area contributed by atoms with E-state index in [1.54, 1.807) is 11.3 Å². The summed E-state index contributed by atoms with van der Waals surface area (Å²) in [5.74, 6) is 0.499. The first-order valence-corrected chi connectivity index (χ1v) is 7.66. The van der Waals surface area contributed by atoms with Gasteiger partial charge in [0.05, 0.1) is 19.3 Å². The quantitative estimate of drug-likeness (QED) is 0.791. The Labute approximate surface area is 122 Å². The van der Waals surface area contributed by atoms with E-state index in [0.29, 0.717) is 25.5 Å². The molecule has 1 atom stereocenters. The summed E-state index contributed by atoms with van der Waals surface area (Å²) in [6.45, 7) is 0.906. The van der Waals surface area contributed by atoms with Crippen LogP contribution in [0.15, 0.2) is 41.1 Å². The van der Waals surface area contributed by atoms with Crippen molar-refractivity contribution >= 4 is 22.9 Å². The smallest absolute Gasteiger partial charge is 0.0814 e. The maximum atomic E-state index is 9.94. The van der Waals surface area contributed by atoms with Crippen molar-refractivity contribution in [1.82, 2.24) is 0 Å². The molecule has 2 nitrogen and oxygen atoms in total. The molecule has 1 aromatic carbocycles. The molecule has 0 radical (unpaired) electrons. The van der Waals surface area contributed by atoms with Crippen LogP contribution in [0.4, 0.5) is 0 Å². The fourth-order valence-corrected chi connectivity index (χ4v) is 2.68. The Morgan fingerprint density at radius 2 is 2.05 bits per heavy atom. The van der Waals surface area contributed by atoms with Crippen LogP contribution in [0.1, 0.15) is 16.7 Å². The first-order valence-electron chi connectivity index (χ1n) is 6.18. The summed E-state index contributed by atoms with van der Waals surface area (Å²) in [7, 11) is 0. The lowest BCUT2D eigenvalue weighted by molar-refractivity contribution is 0.0290. The fraction of sp³-hybridized carbons (Fsp3) is 0.333. The van der Waals surface area contributed by atoms with Gasteiger partial charge in [-0.2, -0.15) is 11.3 Å². The van der Waals surface area contributed by atoms with E-state index in [1.807, 2.05) is 35.7 Å². The zero-order valence-electron chi connectivity index (χ0n) is 10.6. The minimum Gasteiger partial charge on any atom is -0.390 e. The lowest BCUT2D eigenvalue weighted by Crippen LogP contribution is -2.18. The van der Waals surface area contributed by atoms with Crippen molar-refractivity contribution < 1.29 is 9.84 Å². The number of aliphatic hydroxyl groups excluding tert-OH is 1. The molecule has 0 aliphatic rings. The van der Waals surface area contributed by atoms with Crippen LogP contribution in [0.3, 0.4) is 0 Å². The third-order valence-electron chi connectivity index (χ3n) is 2.78. The van der Waals surface area contributed by atoms with Crippen molar-refractivity contribution in [2.24, 2.45) is 0 Å². The van der Waals surface area contributed by atoms with Gasteiger partial charge in [-0.1, -0.05) is 24.3 Å². The molecule has 0 spiro atoms. The number of rotatable bonds is 7. The molecule has 19 heavy (non-hydrogen) atoms. The number of hydrogen-bond acceptors (Lipinski definition) is 3. The summed E-state index contributed by atoms with van der Waals surface area (Å²) < 4.78 is 5.50. The molecular formula is C15H17ClO2S. The summed E-state index contributed by atoms with van der Waals surface area (Å²) in [5, 5.41) is 14.0. The highest BCUT2D eigenvalue weighted by atomic mass is 35.5. The average Bonchev–Trinajstić information content (AvgIpc) is 2.92. The van der Waals surface area contributed by atoms with Gasteiger partial charge in [0, 0.05) is 12.3 Å². The minimum atomic E-state index is -0.482. The second-order valence-electron chi connectivity index (χ2n) is 4.46. The van der Waals surface area contributed by atoms with Crippen molar-refractivity contribution in [3.63, 3.8) is 0 Å². The van der Waals surface area contributed by atoms with E-state index in [2.05, 4.69) is 5.38 Å². The third-order valence-corrected chi connectivity index (χ3v) is 3.82. The van der Waals surface area contributed by atoms with Gasteiger partial charge in [0.25, 0.3) is 0 Å². The van der Waals surface area contributed by atoms with Crippen LogP contribution < -0.4 is 0 Å². The van der Waals surface area contributed by atoms with Crippen molar-refractivity contribution in [3.05, 3.63) is 57.8 Å². The Morgan fingerprint density at radius 3 is 2.79 bits per heavy atom. The van der Waals surface area contributed by atoms with Gasteiger partial charge in [-0.15, -0.1) is 11.6 Å². The molecule has 1 N–H and O–H groups in total. The van der Waals surface area contributed by atoms with Gasteiger partial charge in [0.1, 0.15) is 0 Å². The molecule has 0 saturated heterocycles. The van der Waals surface area contributed by atoms with Gasteiger partial charge < -0.3 is 9.84 Å². The first-order chi connectivity index (χ1) is 9.28. The maximum absolute atomic E-state index is 9.94. The van der Waals surface area contributed by atoms with Gasteiger partial charge in [0.2, 0.25) is 0 Å². The molecule has 102 valence electrons. The summed E-state index contributed by atoms with van der Waals surface area (Å²) in [6.07, 6.45) is 0.109. The molecule has 0 saturated carbocycles. The molecule has 2 rings (SSSR count). The number of thiophene rings is 1. The van der Waals surface area contributed by atoms with E-state index in [0.717, 1.165) is 16.7 Å². The highest BCUT2D eigenvalue weighted by molar-refractivity contribution is 7.07. The van der Waals surface area contributed by atoms with Gasteiger partial charge in [0.15, 0.2) is 0 Å². The SMILES string of the molecule is OC(COCc1ccsc1)Cc1cccc(CCl)c1. The minimum absolute atomic E-state index is 0.348. The van der Waals surface area contributed by atoms with Crippen molar-refractivity contribution in [2.75, 3.05) is 6.61 Å². The Balaban J connectivity index is 1.75. The lowest BCUT2D eigenvalue weighted by Gasteiger charge is -2.11. The molecule has 4 heteroatoms. The van der Waals surface area contributed by atoms with Crippen LogP contribution in [0.2, 0.25) is 0 Å². The van der Waals surface area contributed by atoms with E-state index in [4.69, 9.17) is 16.3 Å². The molecular weight excluding hydrogens is 280 g/mol. The summed E-state index contributed by atoms with van der Waals surface area (Å²) >= 11 is 7.44. The number of halogens is 1. The predicted octanol–water partition coefficient (Wildman–Crippen LogP) is 3.61. The zero-order chi connectivity index (χ0) is 13.5. The summed E-state index contributed by atoms with van der Waals surface area (Å²) in [5.41, 5.74) is 3.32. The Kier molecular flexibility index (Phi) is 5.86. The monoisotopic (exact) mass is 296 g/mol. The number of aliphatic hydroxyl groups is 1. The van der Waals surface area contributed by atoms with Crippen LogP contribution in [0.5, 0.6) is 0 Å². The van der Waals surface area contributed by atoms with E-state index < -0.39 is 6.10 Å². The average molecular weight is 297 g/mol. The molecule has 1 unspecified atom stereocenters. The highest BCUT2D eigenvalue weighted by Gasteiger charge is 2.06. The second-order valence-corrected chi connectivity index (χ2v) is 5.51. The molecule has 1 aromatic heterocycles. The van der Waals surface area contributed by atoms with E-state index in [-0.39, 0.29) is 0 Å². The van der Waals surface area contributed by atoms with Crippen LogP contribution in [0, 0.1) is 0 Å². The zero-order valence-corrected chi connectivity index (χ0v) is 12.2. The molecule has 0 aliphatic heterocycles. The molecule has 0 amide bonds. The van der Waals surface area contributed by atoms with Crippen LogP contribution in [0.25, 0.3) is 0 Å². The van der Waals surface area contributed by atoms with Gasteiger partial charge in [-0.25, -0.2) is 0 Å². The predicted molar refractivity (Wildman–Crippen MR) is 79.7 cm³/mol. The van der Waals surface area contributed by atoms with Crippen molar-refractivity contribution in [3.8, 4) is 0 Å². The number of ether oxygens (including phenoxy) is 1.